The molecule has 3 nitrogen and oxygen atoms in total. The maximum absolute atomic E-state index is 6.43. The van der Waals surface area contributed by atoms with Gasteiger partial charge in [-0.3, -0.25) is 4.99 Å². The molecule has 0 bridgehead atoms. The first kappa shape index (κ1) is 19.9. The van der Waals surface area contributed by atoms with Gasteiger partial charge in [-0.25, -0.2) is 4.98 Å². The van der Waals surface area contributed by atoms with E-state index in [0.717, 1.165) is 37.1 Å². The summed E-state index contributed by atoms with van der Waals surface area (Å²) < 4.78 is 5.87. The number of benzene rings is 1. The molecule has 0 radical (unpaired) electrons. The summed E-state index contributed by atoms with van der Waals surface area (Å²) in [6, 6.07) is 12.4. The van der Waals surface area contributed by atoms with Crippen LogP contribution in [-0.2, 0) is 13.0 Å². The van der Waals surface area contributed by atoms with E-state index in [9.17, 15) is 0 Å². The fourth-order valence-corrected chi connectivity index (χ4v) is 3.62. The van der Waals surface area contributed by atoms with E-state index in [1.807, 2.05) is 6.07 Å². The van der Waals surface area contributed by atoms with Crippen molar-refractivity contribution in [3.05, 3.63) is 58.4 Å². The number of unbranched alkanes of at least 4 members (excludes halogenated alkanes) is 1. The van der Waals surface area contributed by atoms with Crippen LogP contribution in [0.5, 0.6) is 5.75 Å². The highest BCUT2D eigenvalue weighted by molar-refractivity contribution is 6.31. The lowest BCUT2D eigenvalue weighted by Gasteiger charge is -2.28. The van der Waals surface area contributed by atoms with Crippen LogP contribution >= 0.6 is 11.6 Å². The Kier molecular flexibility index (Phi) is 6.89. The summed E-state index contributed by atoms with van der Waals surface area (Å²) in [5.41, 5.74) is 4.45. The van der Waals surface area contributed by atoms with E-state index in [-0.39, 0.29) is 0 Å². The molecule has 27 heavy (non-hydrogen) atoms. The van der Waals surface area contributed by atoms with Crippen LogP contribution in [0.25, 0.3) is 0 Å². The molecule has 0 aliphatic heterocycles. The quantitative estimate of drug-likeness (QED) is 0.425. The van der Waals surface area contributed by atoms with Crippen molar-refractivity contribution in [1.29, 1.82) is 0 Å². The first-order valence-corrected chi connectivity index (χ1v) is 10.4. The molecular weight excluding hydrogens is 356 g/mol. The van der Waals surface area contributed by atoms with Crippen molar-refractivity contribution in [2.24, 2.45) is 16.8 Å². The molecule has 0 spiro atoms. The Bertz CT molecular complexity index is 786. The number of fused-ring (bicyclic) bond motifs is 1. The van der Waals surface area contributed by atoms with Gasteiger partial charge in [0.15, 0.2) is 10.9 Å². The minimum absolute atomic E-state index is 0.445. The number of halogens is 1. The van der Waals surface area contributed by atoms with Gasteiger partial charge in [-0.15, -0.1) is 0 Å². The van der Waals surface area contributed by atoms with Gasteiger partial charge in [0, 0.05) is 0 Å². The fourth-order valence-electron chi connectivity index (χ4n) is 3.42. The lowest BCUT2D eigenvalue weighted by Crippen LogP contribution is -2.26. The zero-order chi connectivity index (χ0) is 19.2. The van der Waals surface area contributed by atoms with Gasteiger partial charge in [0.2, 0.25) is 0 Å². The molecule has 0 saturated heterocycles. The molecule has 2 aromatic rings. The molecule has 0 saturated carbocycles. The van der Waals surface area contributed by atoms with E-state index in [2.05, 4.69) is 56.1 Å². The number of nitrogens with zero attached hydrogens (tertiary/aromatic N) is 2. The Balaban J connectivity index is 1.90. The molecule has 1 aliphatic carbocycles. The normalized spacial score (nSPS) is 18.0. The predicted octanol–water partition coefficient (Wildman–Crippen LogP) is 6.12. The monoisotopic (exact) mass is 384 g/mol. The van der Waals surface area contributed by atoms with Crippen molar-refractivity contribution in [2.45, 2.75) is 53.0 Å². The number of aromatic nitrogens is 1. The smallest absolute Gasteiger partial charge is 0.171 e. The topological polar surface area (TPSA) is 34.5 Å². The largest absolute Gasteiger partial charge is 0.490 e. The van der Waals surface area contributed by atoms with E-state index in [1.165, 1.54) is 11.1 Å². The standard InChI is InChI=1S/C23H29ClN2O/c1-4-5-11-27-21-14-19-12-18(16(2)3)13-20(22(19)26-23(21)24)25-15-17-9-7-6-8-10-17/h6-10,14,16,18H,4-5,11-13,15H2,1-3H3. The summed E-state index contributed by atoms with van der Waals surface area (Å²) in [6.45, 7) is 8.07. The van der Waals surface area contributed by atoms with Crippen molar-refractivity contribution in [3.8, 4) is 5.75 Å². The van der Waals surface area contributed by atoms with Crippen molar-refractivity contribution < 1.29 is 4.74 Å². The summed E-state index contributed by atoms with van der Waals surface area (Å²) >= 11 is 6.43. The molecular formula is C23H29ClN2O. The Hall–Kier alpha value is -1.87. The van der Waals surface area contributed by atoms with Crippen LogP contribution in [-0.4, -0.2) is 17.3 Å². The van der Waals surface area contributed by atoms with E-state index >= 15 is 0 Å². The van der Waals surface area contributed by atoms with Gasteiger partial charge in [0.05, 0.1) is 24.6 Å². The number of pyridine rings is 1. The van der Waals surface area contributed by atoms with Crippen molar-refractivity contribution in [3.63, 3.8) is 0 Å². The summed E-state index contributed by atoms with van der Waals surface area (Å²) in [5, 5.41) is 0.445. The van der Waals surface area contributed by atoms with Gasteiger partial charge >= 0.3 is 0 Å². The maximum atomic E-state index is 6.43. The molecule has 4 heteroatoms. The lowest BCUT2D eigenvalue weighted by atomic mass is 9.79. The number of ether oxygens (including phenoxy) is 1. The lowest BCUT2D eigenvalue weighted by molar-refractivity contribution is 0.307. The number of hydrogen-bond donors (Lipinski definition) is 0. The fraction of sp³-hybridized carbons (Fsp3) is 0.478. The SMILES string of the molecule is CCCCOc1cc2c(nc1Cl)C(=NCc1ccccc1)CC(C(C)C)C2. The summed E-state index contributed by atoms with van der Waals surface area (Å²) in [7, 11) is 0. The maximum Gasteiger partial charge on any atom is 0.171 e. The van der Waals surface area contributed by atoms with Crippen LogP contribution in [0.15, 0.2) is 41.4 Å². The van der Waals surface area contributed by atoms with E-state index in [4.69, 9.17) is 21.3 Å². The van der Waals surface area contributed by atoms with Crippen LogP contribution in [0.3, 0.4) is 0 Å². The Morgan fingerprint density at radius 3 is 2.70 bits per heavy atom. The van der Waals surface area contributed by atoms with Crippen molar-refractivity contribution in [1.82, 2.24) is 4.98 Å². The van der Waals surface area contributed by atoms with Crippen molar-refractivity contribution in [2.75, 3.05) is 6.61 Å². The van der Waals surface area contributed by atoms with E-state index in [0.29, 0.717) is 35.9 Å². The number of rotatable bonds is 7. The average Bonchev–Trinajstić information content (AvgIpc) is 2.67. The molecule has 1 heterocycles. The Morgan fingerprint density at radius 1 is 1.22 bits per heavy atom. The van der Waals surface area contributed by atoms with Gasteiger partial charge in [-0.1, -0.05) is 69.1 Å². The second-order valence-corrected chi connectivity index (χ2v) is 8.01. The highest BCUT2D eigenvalue weighted by Gasteiger charge is 2.28. The first-order chi connectivity index (χ1) is 13.1. The van der Waals surface area contributed by atoms with Gasteiger partial charge in [-0.2, -0.15) is 0 Å². The minimum Gasteiger partial charge on any atom is -0.490 e. The second kappa shape index (κ2) is 9.36. The number of hydrogen-bond acceptors (Lipinski definition) is 3. The van der Waals surface area contributed by atoms with Gasteiger partial charge in [0.25, 0.3) is 0 Å². The Morgan fingerprint density at radius 2 is 2.00 bits per heavy atom. The predicted molar refractivity (Wildman–Crippen MR) is 113 cm³/mol. The van der Waals surface area contributed by atoms with Gasteiger partial charge < -0.3 is 4.74 Å². The van der Waals surface area contributed by atoms with Crippen molar-refractivity contribution >= 4 is 17.3 Å². The highest BCUT2D eigenvalue weighted by Crippen LogP contribution is 2.34. The van der Waals surface area contributed by atoms with Gasteiger partial charge in [0.1, 0.15) is 0 Å². The molecule has 1 atom stereocenters. The summed E-state index contributed by atoms with van der Waals surface area (Å²) in [5.74, 6) is 1.87. The molecule has 0 amide bonds. The Labute approximate surface area is 167 Å². The highest BCUT2D eigenvalue weighted by atomic mass is 35.5. The molecule has 1 unspecified atom stereocenters. The van der Waals surface area contributed by atoms with E-state index < -0.39 is 0 Å². The van der Waals surface area contributed by atoms with Crippen LogP contribution in [0.1, 0.15) is 56.9 Å². The second-order valence-electron chi connectivity index (χ2n) is 7.65. The third-order valence-corrected chi connectivity index (χ3v) is 5.50. The third kappa shape index (κ3) is 5.10. The zero-order valence-corrected chi connectivity index (χ0v) is 17.3. The molecule has 0 N–H and O–H groups in total. The van der Waals surface area contributed by atoms with Crippen LogP contribution < -0.4 is 4.74 Å². The molecule has 0 fully saturated rings. The zero-order valence-electron chi connectivity index (χ0n) is 16.5. The van der Waals surface area contributed by atoms with Crippen LogP contribution in [0, 0.1) is 11.8 Å². The summed E-state index contributed by atoms with van der Waals surface area (Å²) in [4.78, 5) is 9.62. The summed E-state index contributed by atoms with van der Waals surface area (Å²) in [6.07, 6.45) is 4.08. The third-order valence-electron chi connectivity index (χ3n) is 5.23. The van der Waals surface area contributed by atoms with E-state index in [1.54, 1.807) is 0 Å². The number of aliphatic imine (C=N–C) groups is 1. The van der Waals surface area contributed by atoms with Crippen LogP contribution in [0.4, 0.5) is 0 Å². The average molecular weight is 385 g/mol. The van der Waals surface area contributed by atoms with Gasteiger partial charge in [-0.05, 0) is 48.3 Å². The van der Waals surface area contributed by atoms with Crippen LogP contribution in [0.2, 0.25) is 5.15 Å². The molecule has 1 aliphatic rings. The first-order valence-electron chi connectivity index (χ1n) is 9.98. The molecule has 1 aromatic carbocycles. The molecule has 1 aromatic heterocycles. The minimum atomic E-state index is 0.445. The molecule has 3 rings (SSSR count). The molecule has 144 valence electrons.